The van der Waals surface area contributed by atoms with Crippen molar-refractivity contribution in [2.45, 2.75) is 105 Å². The molecule has 0 aliphatic carbocycles. The van der Waals surface area contributed by atoms with Gasteiger partial charge in [-0.2, -0.15) is 0 Å². The third-order valence-electron chi connectivity index (χ3n) is 6.10. The van der Waals surface area contributed by atoms with Gasteiger partial charge in [0.05, 0.1) is 24.3 Å². The second kappa shape index (κ2) is 17.5. The Hall–Kier alpha value is -1.92. The maximum atomic E-state index is 12.6. The highest BCUT2D eigenvalue weighted by molar-refractivity contribution is 5.95. The molecule has 0 fully saturated rings. The van der Waals surface area contributed by atoms with Crippen molar-refractivity contribution in [1.29, 1.82) is 0 Å². The van der Waals surface area contributed by atoms with Gasteiger partial charge in [-0.05, 0) is 56.7 Å². The Morgan fingerprint density at radius 1 is 0.735 bits per heavy atom. The fourth-order valence-electron chi connectivity index (χ4n) is 3.62. The van der Waals surface area contributed by atoms with Crippen LogP contribution in [-0.4, -0.2) is 37.7 Å². The van der Waals surface area contributed by atoms with Gasteiger partial charge in [0.25, 0.3) is 0 Å². The molecule has 0 aliphatic heterocycles. The zero-order valence-corrected chi connectivity index (χ0v) is 22.1. The van der Waals surface area contributed by atoms with Crippen molar-refractivity contribution >= 4 is 11.9 Å². The SMILES string of the molecule is CCCCC(CC)COC(C)OC(=O)c1cccc(C(=O)OC(C)OCC(CC)CCCC)c1. The highest BCUT2D eigenvalue weighted by Gasteiger charge is 2.18. The minimum Gasteiger partial charge on any atom is -0.432 e. The number of ether oxygens (including phenoxy) is 4. The van der Waals surface area contributed by atoms with E-state index < -0.39 is 24.5 Å². The van der Waals surface area contributed by atoms with E-state index in [2.05, 4.69) is 27.7 Å². The number of esters is 2. The predicted molar refractivity (Wildman–Crippen MR) is 135 cm³/mol. The molecule has 4 atom stereocenters. The third kappa shape index (κ3) is 12.0. The number of unbranched alkanes of at least 4 members (excludes halogenated alkanes) is 2. The van der Waals surface area contributed by atoms with Crippen LogP contribution < -0.4 is 0 Å². The van der Waals surface area contributed by atoms with E-state index in [1.165, 1.54) is 18.9 Å². The monoisotopic (exact) mass is 478 g/mol. The van der Waals surface area contributed by atoms with E-state index >= 15 is 0 Å². The van der Waals surface area contributed by atoms with Crippen LogP contribution in [0.5, 0.6) is 0 Å². The molecule has 0 aliphatic rings. The van der Waals surface area contributed by atoms with Crippen LogP contribution >= 0.6 is 0 Å². The van der Waals surface area contributed by atoms with Gasteiger partial charge >= 0.3 is 11.9 Å². The van der Waals surface area contributed by atoms with Crippen LogP contribution in [-0.2, 0) is 18.9 Å². The fraction of sp³-hybridized carbons (Fsp3) is 0.714. The van der Waals surface area contributed by atoms with Gasteiger partial charge in [0.1, 0.15) is 0 Å². The summed E-state index contributed by atoms with van der Waals surface area (Å²) >= 11 is 0. The van der Waals surface area contributed by atoms with Crippen molar-refractivity contribution in [3.63, 3.8) is 0 Å². The van der Waals surface area contributed by atoms with Crippen LogP contribution in [0.4, 0.5) is 0 Å². The first-order valence-corrected chi connectivity index (χ1v) is 13.1. The lowest BCUT2D eigenvalue weighted by Crippen LogP contribution is -2.23. The summed E-state index contributed by atoms with van der Waals surface area (Å²) in [5.41, 5.74) is 0.559. The summed E-state index contributed by atoms with van der Waals surface area (Å²) in [7, 11) is 0. The van der Waals surface area contributed by atoms with Crippen LogP contribution in [0.1, 0.15) is 114 Å². The molecule has 0 aromatic heterocycles. The Balaban J connectivity index is 2.56. The van der Waals surface area contributed by atoms with E-state index in [-0.39, 0.29) is 11.1 Å². The average molecular weight is 479 g/mol. The van der Waals surface area contributed by atoms with Gasteiger partial charge in [-0.3, -0.25) is 0 Å². The molecule has 34 heavy (non-hydrogen) atoms. The number of carbonyl (C=O) groups excluding carboxylic acids is 2. The maximum absolute atomic E-state index is 12.6. The quantitative estimate of drug-likeness (QED) is 0.165. The standard InChI is InChI=1S/C28H46O6/c1-7-11-14-23(9-3)19-31-21(5)33-27(29)25-16-13-17-26(18-25)28(30)34-22(6)32-20-24(10-4)15-12-8-2/h13,16-18,21-24H,7-12,14-15,19-20H2,1-6H3. The lowest BCUT2D eigenvalue weighted by molar-refractivity contribution is -0.108. The summed E-state index contributed by atoms with van der Waals surface area (Å²) in [6.45, 7) is 13.2. The summed E-state index contributed by atoms with van der Waals surface area (Å²) in [6.07, 6.45) is 7.61. The second-order valence-electron chi connectivity index (χ2n) is 9.03. The molecule has 0 saturated heterocycles. The summed E-state index contributed by atoms with van der Waals surface area (Å²) in [6, 6.07) is 6.35. The van der Waals surface area contributed by atoms with Crippen molar-refractivity contribution in [2.24, 2.45) is 11.8 Å². The Morgan fingerprint density at radius 2 is 1.15 bits per heavy atom. The number of hydrogen-bond donors (Lipinski definition) is 0. The zero-order valence-electron chi connectivity index (χ0n) is 22.1. The number of carbonyl (C=O) groups is 2. The van der Waals surface area contributed by atoms with Crippen molar-refractivity contribution in [3.8, 4) is 0 Å². The molecule has 1 aromatic rings. The Kier molecular flexibility index (Phi) is 15.5. The summed E-state index contributed by atoms with van der Waals surface area (Å²) in [5.74, 6) is -0.144. The van der Waals surface area contributed by atoms with Crippen LogP contribution in [0.25, 0.3) is 0 Å². The Labute approximate surface area is 206 Å². The average Bonchev–Trinajstić information content (AvgIpc) is 2.84. The highest BCUT2D eigenvalue weighted by atomic mass is 16.7. The van der Waals surface area contributed by atoms with E-state index in [1.54, 1.807) is 32.0 Å². The van der Waals surface area contributed by atoms with Crippen molar-refractivity contribution in [2.75, 3.05) is 13.2 Å². The predicted octanol–water partition coefficient (Wildman–Crippen LogP) is 7.16. The number of rotatable bonds is 18. The lowest BCUT2D eigenvalue weighted by Gasteiger charge is -2.20. The highest BCUT2D eigenvalue weighted by Crippen LogP contribution is 2.17. The molecule has 6 nitrogen and oxygen atoms in total. The molecule has 0 radical (unpaired) electrons. The summed E-state index contributed by atoms with van der Waals surface area (Å²) in [4.78, 5) is 25.1. The molecule has 194 valence electrons. The minimum atomic E-state index is -0.661. The first-order chi connectivity index (χ1) is 16.3. The topological polar surface area (TPSA) is 71.1 Å². The smallest absolute Gasteiger partial charge is 0.340 e. The maximum Gasteiger partial charge on any atom is 0.340 e. The van der Waals surface area contributed by atoms with E-state index in [1.807, 2.05) is 0 Å². The van der Waals surface area contributed by atoms with Gasteiger partial charge in [0.15, 0.2) is 12.6 Å². The molecule has 0 bridgehead atoms. The van der Waals surface area contributed by atoms with Gasteiger partial charge in [0, 0.05) is 0 Å². The van der Waals surface area contributed by atoms with Gasteiger partial charge in [-0.1, -0.05) is 72.3 Å². The van der Waals surface area contributed by atoms with Gasteiger partial charge in [-0.15, -0.1) is 0 Å². The van der Waals surface area contributed by atoms with E-state index in [0.717, 1.165) is 38.5 Å². The van der Waals surface area contributed by atoms with Crippen molar-refractivity contribution in [1.82, 2.24) is 0 Å². The van der Waals surface area contributed by atoms with Crippen molar-refractivity contribution < 1.29 is 28.5 Å². The van der Waals surface area contributed by atoms with Gasteiger partial charge in [0.2, 0.25) is 0 Å². The second-order valence-corrected chi connectivity index (χ2v) is 9.03. The van der Waals surface area contributed by atoms with Crippen LogP contribution in [0, 0.1) is 11.8 Å². The largest absolute Gasteiger partial charge is 0.432 e. The van der Waals surface area contributed by atoms with Gasteiger partial charge in [-0.25, -0.2) is 9.59 Å². The Bertz CT molecular complexity index is 649. The molecule has 6 heteroatoms. The molecular weight excluding hydrogens is 432 g/mol. The van der Waals surface area contributed by atoms with Crippen LogP contribution in [0.2, 0.25) is 0 Å². The molecule has 0 saturated carbocycles. The molecular formula is C28H46O6. The van der Waals surface area contributed by atoms with E-state index in [4.69, 9.17) is 18.9 Å². The molecule has 0 spiro atoms. The van der Waals surface area contributed by atoms with E-state index in [9.17, 15) is 9.59 Å². The normalized spacial score (nSPS) is 14.8. The van der Waals surface area contributed by atoms with Crippen LogP contribution in [0.15, 0.2) is 24.3 Å². The first-order valence-electron chi connectivity index (χ1n) is 13.1. The fourth-order valence-corrected chi connectivity index (χ4v) is 3.62. The van der Waals surface area contributed by atoms with Gasteiger partial charge < -0.3 is 18.9 Å². The summed E-state index contributed by atoms with van der Waals surface area (Å²) in [5, 5.41) is 0. The lowest BCUT2D eigenvalue weighted by atomic mass is 10.0. The number of benzene rings is 1. The van der Waals surface area contributed by atoms with E-state index in [0.29, 0.717) is 25.0 Å². The third-order valence-corrected chi connectivity index (χ3v) is 6.10. The first kappa shape index (κ1) is 30.1. The molecule has 1 rings (SSSR count). The molecule has 4 unspecified atom stereocenters. The molecule has 0 amide bonds. The minimum absolute atomic E-state index is 0.280. The molecule has 0 heterocycles. The molecule has 0 N–H and O–H groups in total. The zero-order chi connectivity index (χ0) is 25.3. The Morgan fingerprint density at radius 3 is 1.50 bits per heavy atom. The summed E-state index contributed by atoms with van der Waals surface area (Å²) < 4.78 is 22.3. The van der Waals surface area contributed by atoms with Crippen molar-refractivity contribution in [3.05, 3.63) is 35.4 Å². The molecule has 1 aromatic carbocycles. The number of hydrogen-bond acceptors (Lipinski definition) is 6. The van der Waals surface area contributed by atoms with Crippen LogP contribution in [0.3, 0.4) is 0 Å².